The van der Waals surface area contributed by atoms with Gasteiger partial charge in [-0.1, -0.05) is 17.7 Å². The van der Waals surface area contributed by atoms with Gasteiger partial charge >= 0.3 is 0 Å². The average Bonchev–Trinajstić information content (AvgIpc) is 2.75. The van der Waals surface area contributed by atoms with Gasteiger partial charge in [0.15, 0.2) is 15.6 Å². The third kappa shape index (κ3) is 3.32. The standard InChI is InChI=1S/C13H11BrO3S2/c1-9-2-4-10(5-3-9)19(16,17)8-12(15)13-11(14)6-7-18-13/h2-7H,8H2,1H3. The van der Waals surface area contributed by atoms with Crippen molar-refractivity contribution in [1.29, 1.82) is 0 Å². The van der Waals surface area contributed by atoms with Crippen LogP contribution in [0.3, 0.4) is 0 Å². The molecule has 0 fully saturated rings. The maximum atomic E-state index is 12.1. The smallest absolute Gasteiger partial charge is 0.189 e. The number of hydrogen-bond donors (Lipinski definition) is 0. The van der Waals surface area contributed by atoms with Crippen LogP contribution < -0.4 is 0 Å². The number of halogens is 1. The van der Waals surface area contributed by atoms with Gasteiger partial charge in [0.1, 0.15) is 5.75 Å². The summed E-state index contributed by atoms with van der Waals surface area (Å²) < 4.78 is 24.9. The van der Waals surface area contributed by atoms with E-state index in [1.54, 1.807) is 23.6 Å². The normalized spacial score (nSPS) is 11.5. The summed E-state index contributed by atoms with van der Waals surface area (Å²) >= 11 is 4.47. The van der Waals surface area contributed by atoms with E-state index < -0.39 is 15.6 Å². The molecule has 0 N–H and O–H groups in total. The molecule has 100 valence electrons. The van der Waals surface area contributed by atoms with Crippen molar-refractivity contribution in [3.63, 3.8) is 0 Å². The Labute approximate surface area is 124 Å². The second-order valence-corrected chi connectivity index (χ2v) is 7.85. The Hall–Kier alpha value is -0.980. The molecule has 0 aliphatic carbocycles. The van der Waals surface area contributed by atoms with Gasteiger partial charge in [0.25, 0.3) is 0 Å². The van der Waals surface area contributed by atoms with E-state index in [4.69, 9.17) is 0 Å². The molecular formula is C13H11BrO3S2. The molecule has 0 unspecified atom stereocenters. The van der Waals surface area contributed by atoms with Crippen LogP contribution in [0.1, 0.15) is 15.2 Å². The maximum absolute atomic E-state index is 12.1. The van der Waals surface area contributed by atoms with Crippen LogP contribution in [0.25, 0.3) is 0 Å². The Morgan fingerprint density at radius 1 is 1.21 bits per heavy atom. The summed E-state index contributed by atoms with van der Waals surface area (Å²) in [4.78, 5) is 12.6. The lowest BCUT2D eigenvalue weighted by Gasteiger charge is -2.04. The van der Waals surface area contributed by atoms with E-state index in [1.165, 1.54) is 23.5 Å². The first-order chi connectivity index (χ1) is 8.90. The molecule has 0 atom stereocenters. The SMILES string of the molecule is Cc1ccc(S(=O)(=O)CC(=O)c2sccc2Br)cc1. The Balaban J connectivity index is 2.25. The Kier molecular flexibility index (Phi) is 4.23. The Morgan fingerprint density at radius 3 is 2.37 bits per heavy atom. The molecule has 0 spiro atoms. The summed E-state index contributed by atoms with van der Waals surface area (Å²) in [5.74, 6) is -0.891. The van der Waals surface area contributed by atoms with Gasteiger partial charge in [0, 0.05) is 4.47 Å². The van der Waals surface area contributed by atoms with Crippen LogP contribution in [-0.2, 0) is 9.84 Å². The highest BCUT2D eigenvalue weighted by Crippen LogP contribution is 2.24. The summed E-state index contributed by atoms with van der Waals surface area (Å²) in [5.41, 5.74) is 0.978. The van der Waals surface area contributed by atoms with Crippen molar-refractivity contribution in [2.24, 2.45) is 0 Å². The van der Waals surface area contributed by atoms with E-state index >= 15 is 0 Å². The maximum Gasteiger partial charge on any atom is 0.189 e. The summed E-state index contributed by atoms with van der Waals surface area (Å²) in [6, 6.07) is 8.23. The molecule has 6 heteroatoms. The van der Waals surface area contributed by atoms with Gasteiger partial charge in [-0.3, -0.25) is 4.79 Å². The van der Waals surface area contributed by atoms with Gasteiger partial charge in [-0.25, -0.2) is 8.42 Å². The lowest BCUT2D eigenvalue weighted by Crippen LogP contribution is -2.15. The van der Waals surface area contributed by atoms with Crippen LogP contribution in [0.5, 0.6) is 0 Å². The average molecular weight is 359 g/mol. The zero-order valence-electron chi connectivity index (χ0n) is 10.1. The molecule has 1 aromatic carbocycles. The minimum Gasteiger partial charge on any atom is -0.292 e. The van der Waals surface area contributed by atoms with Crippen LogP contribution in [0, 0.1) is 6.92 Å². The monoisotopic (exact) mass is 358 g/mol. The van der Waals surface area contributed by atoms with Gasteiger partial charge in [-0.15, -0.1) is 11.3 Å². The lowest BCUT2D eigenvalue weighted by atomic mass is 10.2. The quantitative estimate of drug-likeness (QED) is 0.786. The predicted molar refractivity (Wildman–Crippen MR) is 79.6 cm³/mol. The van der Waals surface area contributed by atoms with Crippen LogP contribution in [0.4, 0.5) is 0 Å². The van der Waals surface area contributed by atoms with E-state index in [9.17, 15) is 13.2 Å². The first kappa shape index (κ1) is 14.4. The van der Waals surface area contributed by atoms with Crippen molar-refractivity contribution in [1.82, 2.24) is 0 Å². The topological polar surface area (TPSA) is 51.2 Å². The summed E-state index contributed by atoms with van der Waals surface area (Å²) in [6.07, 6.45) is 0. The molecule has 0 radical (unpaired) electrons. The summed E-state index contributed by atoms with van der Waals surface area (Å²) in [6.45, 7) is 1.88. The van der Waals surface area contributed by atoms with E-state index in [-0.39, 0.29) is 10.7 Å². The number of hydrogen-bond acceptors (Lipinski definition) is 4. The molecule has 0 bridgehead atoms. The van der Waals surface area contributed by atoms with Gasteiger partial charge in [-0.05, 0) is 46.4 Å². The van der Waals surface area contributed by atoms with Gasteiger partial charge in [-0.2, -0.15) is 0 Å². The molecule has 1 heterocycles. The molecular weight excluding hydrogens is 348 g/mol. The number of thiophene rings is 1. The van der Waals surface area contributed by atoms with Crippen molar-refractivity contribution >= 4 is 42.9 Å². The number of sulfone groups is 1. The van der Waals surface area contributed by atoms with Crippen molar-refractivity contribution in [3.8, 4) is 0 Å². The van der Waals surface area contributed by atoms with E-state index in [2.05, 4.69) is 15.9 Å². The first-order valence-electron chi connectivity index (χ1n) is 5.46. The predicted octanol–water partition coefficient (Wildman–Crippen LogP) is 3.48. The fraction of sp³-hybridized carbons (Fsp3) is 0.154. The van der Waals surface area contributed by atoms with Crippen molar-refractivity contribution in [3.05, 3.63) is 50.6 Å². The van der Waals surface area contributed by atoms with E-state index in [0.29, 0.717) is 9.35 Å². The van der Waals surface area contributed by atoms with Gasteiger partial charge in [0.2, 0.25) is 0 Å². The van der Waals surface area contributed by atoms with Gasteiger partial charge < -0.3 is 0 Å². The van der Waals surface area contributed by atoms with Crippen LogP contribution in [0.15, 0.2) is 45.1 Å². The highest BCUT2D eigenvalue weighted by molar-refractivity contribution is 9.10. The second-order valence-electron chi connectivity index (χ2n) is 4.09. The number of Topliss-reactive ketones (excluding diaryl/α,β-unsaturated/α-hetero) is 1. The molecule has 1 aromatic heterocycles. The van der Waals surface area contributed by atoms with Crippen LogP contribution >= 0.6 is 27.3 Å². The lowest BCUT2D eigenvalue weighted by molar-refractivity contribution is 0.102. The number of rotatable bonds is 4. The molecule has 0 amide bonds. The minimum atomic E-state index is -3.58. The van der Waals surface area contributed by atoms with Crippen molar-refractivity contribution in [2.75, 3.05) is 5.75 Å². The molecule has 3 nitrogen and oxygen atoms in total. The number of ketones is 1. The zero-order chi connectivity index (χ0) is 14.0. The third-order valence-corrected chi connectivity index (χ3v) is 6.08. The fourth-order valence-corrected chi connectivity index (χ4v) is 4.39. The zero-order valence-corrected chi connectivity index (χ0v) is 13.3. The Bertz CT molecular complexity index is 700. The molecule has 2 aromatic rings. The molecule has 0 saturated heterocycles. The fourth-order valence-electron chi connectivity index (χ4n) is 1.56. The van der Waals surface area contributed by atoms with Crippen LogP contribution in [0.2, 0.25) is 0 Å². The Morgan fingerprint density at radius 2 is 1.84 bits per heavy atom. The molecule has 0 saturated carbocycles. The van der Waals surface area contributed by atoms with Crippen LogP contribution in [-0.4, -0.2) is 20.0 Å². The minimum absolute atomic E-state index is 0.180. The number of aryl methyl sites for hydroxylation is 1. The third-order valence-electron chi connectivity index (χ3n) is 2.57. The highest BCUT2D eigenvalue weighted by Gasteiger charge is 2.22. The number of carbonyl (C=O) groups is 1. The molecule has 0 aliphatic rings. The molecule has 19 heavy (non-hydrogen) atoms. The van der Waals surface area contributed by atoms with Gasteiger partial charge in [0.05, 0.1) is 9.77 Å². The first-order valence-corrected chi connectivity index (χ1v) is 8.78. The van der Waals surface area contributed by atoms with Crippen molar-refractivity contribution in [2.45, 2.75) is 11.8 Å². The number of benzene rings is 1. The van der Waals surface area contributed by atoms with E-state index in [1.807, 2.05) is 6.92 Å². The van der Waals surface area contributed by atoms with Crippen molar-refractivity contribution < 1.29 is 13.2 Å². The summed E-state index contributed by atoms with van der Waals surface area (Å²) in [7, 11) is -3.58. The summed E-state index contributed by atoms with van der Waals surface area (Å²) in [5, 5.41) is 1.75. The largest absolute Gasteiger partial charge is 0.292 e. The molecule has 2 rings (SSSR count). The van der Waals surface area contributed by atoms with E-state index in [0.717, 1.165) is 5.56 Å². The highest BCUT2D eigenvalue weighted by atomic mass is 79.9. The second kappa shape index (κ2) is 5.56. The number of carbonyl (C=O) groups excluding carboxylic acids is 1. The molecule has 0 aliphatic heterocycles.